The lowest BCUT2D eigenvalue weighted by Gasteiger charge is -2.33. The minimum Gasteiger partial charge on any atom is -0.299 e. The Kier molecular flexibility index (Phi) is 4.34. The number of carbonyl (C=O) groups is 1. The predicted octanol–water partition coefficient (Wildman–Crippen LogP) is 3.51. The molecule has 1 saturated carbocycles. The predicted molar refractivity (Wildman–Crippen MR) is 79.6 cm³/mol. The van der Waals surface area contributed by atoms with Gasteiger partial charge >= 0.3 is 0 Å². The van der Waals surface area contributed by atoms with Crippen LogP contribution in [0.3, 0.4) is 0 Å². The van der Waals surface area contributed by atoms with E-state index in [1.54, 1.807) is 0 Å². The largest absolute Gasteiger partial charge is 0.299 e. The smallest absolute Gasteiger partial charge is 0.137 e. The molecule has 2 unspecified atom stereocenters. The van der Waals surface area contributed by atoms with Crippen LogP contribution in [0.2, 0.25) is 0 Å². The number of nitrogens with zero attached hydrogens (tertiary/aromatic N) is 1. The molecule has 0 radical (unpaired) electrons. The van der Waals surface area contributed by atoms with Crippen molar-refractivity contribution in [2.45, 2.75) is 51.0 Å². The third-order valence-corrected chi connectivity index (χ3v) is 5.64. The molecule has 3 rings (SSSR count). The van der Waals surface area contributed by atoms with Crippen molar-refractivity contribution in [2.75, 3.05) is 13.1 Å². The summed E-state index contributed by atoms with van der Waals surface area (Å²) in [7, 11) is 0. The zero-order chi connectivity index (χ0) is 13.1. The Labute approximate surface area is 119 Å². The van der Waals surface area contributed by atoms with Crippen molar-refractivity contribution in [3.8, 4) is 0 Å². The Morgan fingerprint density at radius 2 is 2.21 bits per heavy atom. The van der Waals surface area contributed by atoms with E-state index in [1.165, 1.54) is 30.7 Å². The normalized spacial score (nSPS) is 28.9. The molecule has 2 heterocycles. The summed E-state index contributed by atoms with van der Waals surface area (Å²) in [6.07, 6.45) is 8.01. The van der Waals surface area contributed by atoms with E-state index in [-0.39, 0.29) is 0 Å². The van der Waals surface area contributed by atoms with Crippen LogP contribution in [0.1, 0.15) is 43.4 Å². The summed E-state index contributed by atoms with van der Waals surface area (Å²) >= 11 is 1.85. The van der Waals surface area contributed by atoms with Gasteiger partial charge in [-0.15, -0.1) is 11.3 Å². The van der Waals surface area contributed by atoms with Gasteiger partial charge in [0, 0.05) is 29.8 Å². The number of rotatable bonds is 4. The third-order valence-electron chi connectivity index (χ3n) is 4.71. The van der Waals surface area contributed by atoms with E-state index in [0.717, 1.165) is 32.2 Å². The van der Waals surface area contributed by atoms with E-state index in [2.05, 4.69) is 22.4 Å². The number of hydrogen-bond donors (Lipinski definition) is 0. The van der Waals surface area contributed by atoms with Gasteiger partial charge in [-0.1, -0.05) is 12.5 Å². The first-order valence-electron chi connectivity index (χ1n) is 7.64. The molecule has 2 nitrogen and oxygen atoms in total. The molecule has 1 aromatic rings. The van der Waals surface area contributed by atoms with E-state index in [4.69, 9.17) is 0 Å². The number of hydrogen-bond acceptors (Lipinski definition) is 3. The average molecular weight is 277 g/mol. The zero-order valence-electron chi connectivity index (χ0n) is 11.5. The van der Waals surface area contributed by atoms with Gasteiger partial charge in [0.15, 0.2) is 0 Å². The summed E-state index contributed by atoms with van der Waals surface area (Å²) in [5.74, 6) is 0.888. The monoisotopic (exact) mass is 277 g/mol. The van der Waals surface area contributed by atoms with Crippen LogP contribution in [0.5, 0.6) is 0 Å². The highest BCUT2D eigenvalue weighted by Crippen LogP contribution is 2.32. The average Bonchev–Trinajstić information content (AvgIpc) is 3.08. The van der Waals surface area contributed by atoms with E-state index in [1.807, 2.05) is 11.3 Å². The van der Waals surface area contributed by atoms with Crippen molar-refractivity contribution in [1.82, 2.24) is 4.90 Å². The molecule has 19 heavy (non-hydrogen) atoms. The molecule has 0 amide bonds. The molecular weight excluding hydrogens is 254 g/mol. The maximum absolute atomic E-state index is 12.1. The van der Waals surface area contributed by atoms with Gasteiger partial charge in [-0.2, -0.15) is 0 Å². The fourth-order valence-electron chi connectivity index (χ4n) is 3.71. The van der Waals surface area contributed by atoms with Crippen molar-refractivity contribution in [3.63, 3.8) is 0 Å². The molecule has 0 bridgehead atoms. The summed E-state index contributed by atoms with van der Waals surface area (Å²) in [6, 6.07) is 4.90. The fourth-order valence-corrected chi connectivity index (χ4v) is 4.41. The summed E-state index contributed by atoms with van der Waals surface area (Å²) in [6.45, 7) is 2.33. The molecule has 1 aliphatic heterocycles. The maximum atomic E-state index is 12.1. The van der Waals surface area contributed by atoms with Crippen molar-refractivity contribution >= 4 is 17.1 Å². The van der Waals surface area contributed by atoms with Gasteiger partial charge in [0.2, 0.25) is 0 Å². The second-order valence-electron chi connectivity index (χ2n) is 5.89. The SMILES string of the molecule is O=C1CCCCC1C1CCCN1CCc1cccs1. The van der Waals surface area contributed by atoms with Gasteiger partial charge in [0.1, 0.15) is 5.78 Å². The molecule has 2 fully saturated rings. The van der Waals surface area contributed by atoms with Gasteiger partial charge in [0.05, 0.1) is 0 Å². The maximum Gasteiger partial charge on any atom is 0.137 e. The second-order valence-corrected chi connectivity index (χ2v) is 6.93. The number of ketones is 1. The minimum absolute atomic E-state index is 0.347. The van der Waals surface area contributed by atoms with Gasteiger partial charge < -0.3 is 0 Å². The van der Waals surface area contributed by atoms with Crippen molar-refractivity contribution in [2.24, 2.45) is 5.92 Å². The number of likely N-dealkylation sites (tertiary alicyclic amines) is 1. The first-order chi connectivity index (χ1) is 9.34. The summed E-state index contributed by atoms with van der Waals surface area (Å²) < 4.78 is 0. The highest BCUT2D eigenvalue weighted by molar-refractivity contribution is 7.09. The van der Waals surface area contributed by atoms with E-state index in [0.29, 0.717) is 17.7 Å². The quantitative estimate of drug-likeness (QED) is 0.839. The van der Waals surface area contributed by atoms with Crippen LogP contribution in [0.25, 0.3) is 0 Å². The van der Waals surface area contributed by atoms with Crippen LogP contribution >= 0.6 is 11.3 Å². The molecule has 3 heteroatoms. The molecular formula is C16H23NOS. The fraction of sp³-hybridized carbons (Fsp3) is 0.688. The Hall–Kier alpha value is -0.670. The molecule has 0 spiro atoms. The van der Waals surface area contributed by atoms with Crippen molar-refractivity contribution < 1.29 is 4.79 Å². The minimum atomic E-state index is 0.347. The first-order valence-corrected chi connectivity index (χ1v) is 8.52. The lowest BCUT2D eigenvalue weighted by molar-refractivity contribution is -0.126. The van der Waals surface area contributed by atoms with E-state index >= 15 is 0 Å². The molecule has 0 aromatic carbocycles. The van der Waals surface area contributed by atoms with Crippen LogP contribution in [0.4, 0.5) is 0 Å². The molecule has 0 N–H and O–H groups in total. The first kappa shape index (κ1) is 13.3. The molecule has 1 aromatic heterocycles. The van der Waals surface area contributed by atoms with Crippen LogP contribution in [0.15, 0.2) is 17.5 Å². The number of Topliss-reactive ketones (excluding diaryl/α,β-unsaturated/α-hetero) is 1. The van der Waals surface area contributed by atoms with Gasteiger partial charge in [-0.25, -0.2) is 0 Å². The van der Waals surface area contributed by atoms with Crippen LogP contribution < -0.4 is 0 Å². The standard InChI is InChI=1S/C16H23NOS/c18-16-8-2-1-6-14(16)15-7-3-10-17(15)11-9-13-5-4-12-19-13/h4-5,12,14-15H,1-3,6-11H2. The van der Waals surface area contributed by atoms with Crippen LogP contribution in [-0.2, 0) is 11.2 Å². The van der Waals surface area contributed by atoms with E-state index in [9.17, 15) is 4.79 Å². The topological polar surface area (TPSA) is 20.3 Å². The Morgan fingerprint density at radius 3 is 3.00 bits per heavy atom. The highest BCUT2D eigenvalue weighted by Gasteiger charge is 2.36. The van der Waals surface area contributed by atoms with Gasteiger partial charge in [0.25, 0.3) is 0 Å². The van der Waals surface area contributed by atoms with Crippen LogP contribution in [0, 0.1) is 5.92 Å². The van der Waals surface area contributed by atoms with Gasteiger partial charge in [-0.3, -0.25) is 9.69 Å². The zero-order valence-corrected chi connectivity index (χ0v) is 12.3. The van der Waals surface area contributed by atoms with Crippen molar-refractivity contribution in [1.29, 1.82) is 0 Å². The second kappa shape index (κ2) is 6.19. The van der Waals surface area contributed by atoms with Crippen LogP contribution in [-0.4, -0.2) is 29.8 Å². The lowest BCUT2D eigenvalue weighted by Crippen LogP contribution is -2.41. The summed E-state index contributed by atoms with van der Waals surface area (Å²) in [4.78, 5) is 16.2. The summed E-state index contributed by atoms with van der Waals surface area (Å²) in [5, 5.41) is 2.15. The summed E-state index contributed by atoms with van der Waals surface area (Å²) in [5.41, 5.74) is 0. The van der Waals surface area contributed by atoms with Crippen molar-refractivity contribution in [3.05, 3.63) is 22.4 Å². The molecule has 2 atom stereocenters. The Morgan fingerprint density at radius 1 is 1.26 bits per heavy atom. The highest BCUT2D eigenvalue weighted by atomic mass is 32.1. The molecule has 1 saturated heterocycles. The van der Waals surface area contributed by atoms with E-state index < -0.39 is 0 Å². The lowest BCUT2D eigenvalue weighted by atomic mass is 9.82. The third kappa shape index (κ3) is 3.09. The number of carbonyl (C=O) groups excluding carboxylic acids is 1. The molecule has 1 aliphatic carbocycles. The molecule has 2 aliphatic rings. The number of thiophene rings is 1. The Balaban J connectivity index is 1.59. The Bertz CT molecular complexity index is 414. The van der Waals surface area contributed by atoms with Gasteiger partial charge in [-0.05, 0) is 50.1 Å². The molecule has 104 valence electrons.